The summed E-state index contributed by atoms with van der Waals surface area (Å²) < 4.78 is 32.7. The third-order valence-corrected chi connectivity index (χ3v) is 4.94. The van der Waals surface area contributed by atoms with Crippen molar-refractivity contribution in [1.29, 1.82) is 0 Å². The van der Waals surface area contributed by atoms with Crippen molar-refractivity contribution in [1.82, 2.24) is 4.72 Å². The van der Waals surface area contributed by atoms with Crippen LogP contribution in [0.5, 0.6) is 5.75 Å². The van der Waals surface area contributed by atoms with Gasteiger partial charge in [-0.25, -0.2) is 13.1 Å². The lowest BCUT2D eigenvalue weighted by Gasteiger charge is -2.15. The highest BCUT2D eigenvalue weighted by Crippen LogP contribution is 2.30. The van der Waals surface area contributed by atoms with Crippen LogP contribution in [0.15, 0.2) is 17.0 Å². The minimum absolute atomic E-state index is 0.000230. The van der Waals surface area contributed by atoms with E-state index in [9.17, 15) is 13.5 Å². The van der Waals surface area contributed by atoms with Gasteiger partial charge in [0.05, 0.1) is 12.7 Å². The van der Waals surface area contributed by atoms with E-state index in [1.807, 2.05) is 0 Å². The summed E-state index contributed by atoms with van der Waals surface area (Å²) in [5.74, 6) is 0.288. The normalized spacial score (nSPS) is 13.1. The molecule has 5 nitrogen and oxygen atoms in total. The van der Waals surface area contributed by atoms with Gasteiger partial charge in [-0.2, -0.15) is 0 Å². The van der Waals surface area contributed by atoms with Crippen molar-refractivity contribution in [2.24, 2.45) is 0 Å². The molecule has 0 amide bonds. The van der Waals surface area contributed by atoms with E-state index in [1.165, 1.54) is 13.0 Å². The standard InChI is InChI=1S/C15H24ClNO4S/c1-4-5-6-7-21-14-8-11(2)13(16)9-15(14)22(19,20)17-10-12(3)18/h8-9,12,17-18H,4-7,10H2,1-3H3/t12-/m1/s1. The fraction of sp³-hybridized carbons (Fsp3) is 0.600. The minimum Gasteiger partial charge on any atom is -0.492 e. The molecular weight excluding hydrogens is 326 g/mol. The third-order valence-electron chi connectivity index (χ3n) is 3.09. The van der Waals surface area contributed by atoms with Gasteiger partial charge >= 0.3 is 0 Å². The molecule has 0 unspecified atom stereocenters. The smallest absolute Gasteiger partial charge is 0.244 e. The van der Waals surface area contributed by atoms with Crippen LogP contribution in [0.4, 0.5) is 0 Å². The molecule has 0 bridgehead atoms. The lowest BCUT2D eigenvalue weighted by molar-refractivity contribution is 0.198. The maximum atomic E-state index is 12.3. The molecule has 0 spiro atoms. The number of sulfonamides is 1. The van der Waals surface area contributed by atoms with Crippen molar-refractivity contribution in [3.63, 3.8) is 0 Å². The highest BCUT2D eigenvalue weighted by atomic mass is 35.5. The first-order valence-corrected chi connectivity index (χ1v) is 9.24. The first-order valence-electron chi connectivity index (χ1n) is 7.38. The molecule has 2 N–H and O–H groups in total. The number of nitrogens with one attached hydrogen (secondary N) is 1. The molecule has 0 aromatic heterocycles. The van der Waals surface area contributed by atoms with E-state index in [4.69, 9.17) is 16.3 Å². The Labute approximate surface area is 137 Å². The zero-order valence-corrected chi connectivity index (χ0v) is 14.8. The Morgan fingerprint density at radius 3 is 2.64 bits per heavy atom. The number of aliphatic hydroxyl groups excluding tert-OH is 1. The fourth-order valence-corrected chi connectivity index (χ4v) is 3.30. The molecule has 1 aromatic rings. The Kier molecular flexibility index (Phi) is 7.62. The Hall–Kier alpha value is -0.820. The summed E-state index contributed by atoms with van der Waals surface area (Å²) in [5, 5.41) is 9.61. The van der Waals surface area contributed by atoms with Crippen molar-refractivity contribution in [3.8, 4) is 5.75 Å². The molecule has 7 heteroatoms. The van der Waals surface area contributed by atoms with E-state index in [0.717, 1.165) is 24.8 Å². The highest BCUT2D eigenvalue weighted by molar-refractivity contribution is 7.89. The number of hydrogen-bond acceptors (Lipinski definition) is 4. The molecule has 0 aliphatic heterocycles. The van der Waals surface area contributed by atoms with Crippen LogP contribution in [-0.4, -0.2) is 32.8 Å². The maximum absolute atomic E-state index is 12.3. The quantitative estimate of drug-likeness (QED) is 0.672. The first-order chi connectivity index (χ1) is 10.3. The SMILES string of the molecule is CCCCCOc1cc(C)c(Cl)cc1S(=O)(=O)NC[C@@H](C)O. The van der Waals surface area contributed by atoms with Crippen molar-refractivity contribution in [2.75, 3.05) is 13.2 Å². The largest absolute Gasteiger partial charge is 0.492 e. The molecule has 0 aliphatic carbocycles. The van der Waals surface area contributed by atoms with Gasteiger partial charge in [0.1, 0.15) is 10.6 Å². The second-order valence-corrected chi connectivity index (χ2v) is 7.45. The number of hydrogen-bond donors (Lipinski definition) is 2. The third kappa shape index (κ3) is 5.76. The number of halogens is 1. The predicted molar refractivity (Wildman–Crippen MR) is 88.1 cm³/mol. The molecule has 0 saturated heterocycles. The van der Waals surface area contributed by atoms with E-state index in [-0.39, 0.29) is 17.2 Å². The lowest BCUT2D eigenvalue weighted by Crippen LogP contribution is -2.31. The summed E-state index contributed by atoms with van der Waals surface area (Å²) in [4.78, 5) is 0.000230. The van der Waals surface area contributed by atoms with Gasteiger partial charge in [0, 0.05) is 11.6 Å². The van der Waals surface area contributed by atoms with Gasteiger partial charge in [0.2, 0.25) is 10.0 Å². The molecule has 0 radical (unpaired) electrons. The van der Waals surface area contributed by atoms with Crippen LogP contribution in [0.2, 0.25) is 5.02 Å². The van der Waals surface area contributed by atoms with Crippen LogP contribution in [0.1, 0.15) is 38.7 Å². The summed E-state index contributed by atoms with van der Waals surface area (Å²) in [6.45, 7) is 5.77. The van der Waals surface area contributed by atoms with Crippen LogP contribution in [0.3, 0.4) is 0 Å². The summed E-state index contributed by atoms with van der Waals surface area (Å²) >= 11 is 6.04. The molecule has 126 valence electrons. The Balaban J connectivity index is 3.02. The average Bonchev–Trinajstić information content (AvgIpc) is 2.44. The molecule has 0 fully saturated rings. The number of aryl methyl sites for hydroxylation is 1. The molecule has 0 saturated carbocycles. The Morgan fingerprint density at radius 1 is 1.36 bits per heavy atom. The van der Waals surface area contributed by atoms with E-state index in [1.54, 1.807) is 13.0 Å². The van der Waals surface area contributed by atoms with Gasteiger partial charge in [-0.15, -0.1) is 0 Å². The van der Waals surface area contributed by atoms with Crippen LogP contribution in [0.25, 0.3) is 0 Å². The summed E-state index contributed by atoms with van der Waals surface area (Å²) in [7, 11) is -3.79. The number of unbranched alkanes of at least 4 members (excludes halogenated alkanes) is 2. The van der Waals surface area contributed by atoms with Gasteiger partial charge in [0.25, 0.3) is 0 Å². The van der Waals surface area contributed by atoms with E-state index in [2.05, 4.69) is 11.6 Å². The molecular formula is C15H24ClNO4S. The summed E-state index contributed by atoms with van der Waals surface area (Å²) in [6, 6.07) is 3.02. The zero-order valence-electron chi connectivity index (χ0n) is 13.2. The van der Waals surface area contributed by atoms with E-state index < -0.39 is 16.1 Å². The maximum Gasteiger partial charge on any atom is 0.244 e. The molecule has 0 aliphatic rings. The average molecular weight is 350 g/mol. The van der Waals surface area contributed by atoms with Crippen LogP contribution < -0.4 is 9.46 Å². The van der Waals surface area contributed by atoms with Crippen molar-refractivity contribution < 1.29 is 18.3 Å². The van der Waals surface area contributed by atoms with Crippen LogP contribution in [-0.2, 0) is 10.0 Å². The molecule has 1 rings (SSSR count). The van der Waals surface area contributed by atoms with E-state index >= 15 is 0 Å². The minimum atomic E-state index is -3.79. The van der Waals surface area contributed by atoms with E-state index in [0.29, 0.717) is 11.6 Å². The van der Waals surface area contributed by atoms with Gasteiger partial charge in [-0.3, -0.25) is 0 Å². The van der Waals surface area contributed by atoms with Crippen molar-refractivity contribution >= 4 is 21.6 Å². The Bertz CT molecular complexity index is 587. The van der Waals surface area contributed by atoms with Gasteiger partial charge in [-0.05, 0) is 38.0 Å². The predicted octanol–water partition coefficient (Wildman–Crippen LogP) is 2.88. The summed E-state index contributed by atoms with van der Waals surface area (Å²) in [6.07, 6.45) is 2.17. The lowest BCUT2D eigenvalue weighted by atomic mass is 10.2. The first kappa shape index (κ1) is 19.2. The second-order valence-electron chi connectivity index (χ2n) is 5.30. The van der Waals surface area contributed by atoms with Crippen LogP contribution >= 0.6 is 11.6 Å². The zero-order chi connectivity index (χ0) is 16.8. The van der Waals surface area contributed by atoms with Crippen molar-refractivity contribution in [2.45, 2.75) is 51.0 Å². The van der Waals surface area contributed by atoms with Crippen LogP contribution in [0, 0.1) is 6.92 Å². The summed E-state index contributed by atoms with van der Waals surface area (Å²) in [5.41, 5.74) is 0.752. The molecule has 1 aromatic carbocycles. The topological polar surface area (TPSA) is 75.6 Å². The van der Waals surface area contributed by atoms with Crippen molar-refractivity contribution in [3.05, 3.63) is 22.7 Å². The fourth-order valence-electron chi connectivity index (χ4n) is 1.80. The number of benzene rings is 1. The number of ether oxygens (including phenoxy) is 1. The van der Waals surface area contributed by atoms with Gasteiger partial charge in [-0.1, -0.05) is 31.4 Å². The molecule has 0 heterocycles. The molecule has 22 heavy (non-hydrogen) atoms. The van der Waals surface area contributed by atoms with Gasteiger partial charge in [0.15, 0.2) is 0 Å². The van der Waals surface area contributed by atoms with Gasteiger partial charge < -0.3 is 9.84 Å². The Morgan fingerprint density at radius 2 is 2.05 bits per heavy atom. The number of aliphatic hydroxyl groups is 1. The number of rotatable bonds is 9. The second kappa shape index (κ2) is 8.72. The highest BCUT2D eigenvalue weighted by Gasteiger charge is 2.21. The monoisotopic (exact) mass is 349 g/mol. The molecule has 1 atom stereocenters.